The summed E-state index contributed by atoms with van der Waals surface area (Å²) in [6, 6.07) is 6.70. The molecule has 0 radical (unpaired) electrons. The van der Waals surface area contributed by atoms with Crippen molar-refractivity contribution in [1.29, 1.82) is 0 Å². The van der Waals surface area contributed by atoms with Crippen LogP contribution < -0.4 is 15.6 Å². The second-order valence-electron chi connectivity index (χ2n) is 11.8. The number of fused-ring (bicyclic) bond motifs is 2. The van der Waals surface area contributed by atoms with Gasteiger partial charge in [0.15, 0.2) is 5.65 Å². The molecule has 2 aromatic heterocycles. The molecule has 1 N–H and O–H groups in total. The number of nitrogens with zero attached hydrogens (tertiary/aromatic N) is 3. The number of halogens is 2. The molecule has 2 saturated carbocycles. The standard InChI is InChI=1S/C30H30F2N4O2/c1-30(14-17-10-18-12-19(15-30)22(18)11-17)34-29(38)23-16-36(25-6-4-20(31)13-24(25)32)28-21(27(23)37)5-7-26(33-28)35-8-2-3-9-35/h4-7,13,15-18,22H,2-3,8-12,14H2,1H3,(H,34,38). The summed E-state index contributed by atoms with van der Waals surface area (Å²) in [5.41, 5.74) is 0.590. The summed E-state index contributed by atoms with van der Waals surface area (Å²) in [7, 11) is 0. The van der Waals surface area contributed by atoms with E-state index in [4.69, 9.17) is 4.98 Å². The highest BCUT2D eigenvalue weighted by molar-refractivity contribution is 5.98. The van der Waals surface area contributed by atoms with E-state index in [1.165, 1.54) is 35.2 Å². The highest BCUT2D eigenvalue weighted by atomic mass is 19.1. The quantitative estimate of drug-likeness (QED) is 0.489. The van der Waals surface area contributed by atoms with Gasteiger partial charge in [-0.2, -0.15) is 0 Å². The number of amides is 1. The Bertz CT molecular complexity index is 1570. The summed E-state index contributed by atoms with van der Waals surface area (Å²) in [6.45, 7) is 3.73. The lowest BCUT2D eigenvalue weighted by molar-refractivity contribution is 0.0910. The van der Waals surface area contributed by atoms with Crippen molar-refractivity contribution < 1.29 is 13.6 Å². The van der Waals surface area contributed by atoms with Gasteiger partial charge in [0.05, 0.1) is 16.6 Å². The second kappa shape index (κ2) is 8.48. The molecular weight excluding hydrogens is 486 g/mol. The lowest BCUT2D eigenvalue weighted by Gasteiger charge is -2.39. The van der Waals surface area contributed by atoms with Gasteiger partial charge in [-0.25, -0.2) is 13.8 Å². The molecule has 4 atom stereocenters. The summed E-state index contributed by atoms with van der Waals surface area (Å²) in [6.07, 6.45) is 9.98. The van der Waals surface area contributed by atoms with Gasteiger partial charge in [0.1, 0.15) is 23.0 Å². The molecule has 38 heavy (non-hydrogen) atoms. The van der Waals surface area contributed by atoms with Crippen molar-refractivity contribution in [2.24, 2.45) is 17.8 Å². The highest BCUT2D eigenvalue weighted by Crippen LogP contribution is 2.57. The smallest absolute Gasteiger partial charge is 0.257 e. The van der Waals surface area contributed by atoms with Gasteiger partial charge in [0.25, 0.3) is 5.91 Å². The number of aromatic nitrogens is 2. The summed E-state index contributed by atoms with van der Waals surface area (Å²) in [4.78, 5) is 34.2. The Morgan fingerprint density at radius 2 is 1.95 bits per heavy atom. The zero-order valence-electron chi connectivity index (χ0n) is 21.3. The first-order valence-electron chi connectivity index (χ1n) is 13.6. The third-order valence-corrected chi connectivity index (χ3v) is 9.06. The fourth-order valence-electron chi connectivity index (χ4n) is 7.37. The first kappa shape index (κ1) is 23.6. The minimum Gasteiger partial charge on any atom is -0.357 e. The maximum atomic E-state index is 15.0. The van der Waals surface area contributed by atoms with Gasteiger partial charge in [-0.3, -0.25) is 14.2 Å². The largest absolute Gasteiger partial charge is 0.357 e. The minimum absolute atomic E-state index is 0.0251. The Morgan fingerprint density at radius 1 is 1.13 bits per heavy atom. The predicted molar refractivity (Wildman–Crippen MR) is 142 cm³/mol. The average molecular weight is 517 g/mol. The number of rotatable bonds is 4. The van der Waals surface area contributed by atoms with Crippen molar-refractivity contribution in [3.8, 4) is 5.69 Å². The first-order valence-corrected chi connectivity index (χ1v) is 13.6. The van der Waals surface area contributed by atoms with Crippen LogP contribution in [-0.2, 0) is 0 Å². The third kappa shape index (κ3) is 3.76. The molecular formula is C30H30F2N4O2. The van der Waals surface area contributed by atoms with Crippen LogP contribution in [0.2, 0.25) is 0 Å². The predicted octanol–water partition coefficient (Wildman–Crippen LogP) is 5.13. The average Bonchev–Trinajstić information content (AvgIpc) is 3.49. The molecule has 6 nitrogen and oxygen atoms in total. The van der Waals surface area contributed by atoms with Crippen LogP contribution in [0.3, 0.4) is 0 Å². The number of hydrogen-bond donors (Lipinski definition) is 1. The summed E-state index contributed by atoms with van der Waals surface area (Å²) >= 11 is 0. The third-order valence-electron chi connectivity index (χ3n) is 9.06. The molecule has 8 heteroatoms. The van der Waals surface area contributed by atoms with E-state index in [1.54, 1.807) is 12.1 Å². The van der Waals surface area contributed by atoms with Crippen LogP contribution in [0.25, 0.3) is 16.7 Å². The molecule has 1 aromatic carbocycles. The van der Waals surface area contributed by atoms with Gasteiger partial charge in [0.2, 0.25) is 5.43 Å². The Balaban J connectivity index is 1.34. The molecule has 3 heterocycles. The Kier molecular flexibility index (Phi) is 5.26. The van der Waals surface area contributed by atoms with Gasteiger partial charge in [0, 0.05) is 25.4 Å². The fraction of sp³-hybridized carbons (Fsp3) is 0.433. The molecule has 3 aliphatic carbocycles. The monoisotopic (exact) mass is 516 g/mol. The molecule has 3 aromatic rings. The van der Waals surface area contributed by atoms with Crippen molar-refractivity contribution in [2.75, 3.05) is 18.0 Å². The van der Waals surface area contributed by atoms with Crippen LogP contribution in [0.5, 0.6) is 0 Å². The van der Waals surface area contributed by atoms with E-state index in [1.807, 2.05) is 6.92 Å². The lowest BCUT2D eigenvalue weighted by Crippen LogP contribution is -2.48. The second-order valence-corrected chi connectivity index (χ2v) is 11.8. The fourth-order valence-corrected chi connectivity index (χ4v) is 7.37. The maximum Gasteiger partial charge on any atom is 0.257 e. The first-order chi connectivity index (χ1) is 18.3. The van der Waals surface area contributed by atoms with Crippen molar-refractivity contribution in [1.82, 2.24) is 14.9 Å². The van der Waals surface area contributed by atoms with Crippen molar-refractivity contribution >= 4 is 22.8 Å². The van der Waals surface area contributed by atoms with E-state index in [-0.39, 0.29) is 22.3 Å². The van der Waals surface area contributed by atoms with Crippen molar-refractivity contribution in [2.45, 2.75) is 51.0 Å². The van der Waals surface area contributed by atoms with E-state index in [0.717, 1.165) is 56.8 Å². The zero-order valence-corrected chi connectivity index (χ0v) is 21.3. The molecule has 4 unspecified atom stereocenters. The molecule has 3 fully saturated rings. The number of nitrogens with one attached hydrogen (secondary N) is 1. The van der Waals surface area contributed by atoms with Gasteiger partial charge >= 0.3 is 0 Å². The molecule has 2 bridgehead atoms. The minimum atomic E-state index is -0.800. The number of pyridine rings is 2. The zero-order chi connectivity index (χ0) is 26.2. The number of carbonyl (C=O) groups is 1. The van der Waals surface area contributed by atoms with Crippen LogP contribution in [0, 0.1) is 29.4 Å². The molecule has 1 amide bonds. The number of benzene rings is 1. The topological polar surface area (TPSA) is 67.2 Å². The van der Waals surface area contributed by atoms with Crippen LogP contribution >= 0.6 is 0 Å². The van der Waals surface area contributed by atoms with Crippen molar-refractivity contribution in [3.63, 3.8) is 0 Å². The lowest BCUT2D eigenvalue weighted by atomic mass is 9.69. The molecule has 7 rings (SSSR count). The van der Waals surface area contributed by atoms with Crippen LogP contribution in [0.4, 0.5) is 14.6 Å². The van der Waals surface area contributed by atoms with Crippen LogP contribution in [-0.4, -0.2) is 34.1 Å². The Morgan fingerprint density at radius 3 is 2.74 bits per heavy atom. The Hall–Kier alpha value is -3.55. The van der Waals surface area contributed by atoms with E-state index >= 15 is 4.39 Å². The van der Waals surface area contributed by atoms with E-state index in [2.05, 4.69) is 16.3 Å². The molecule has 1 saturated heterocycles. The maximum absolute atomic E-state index is 15.0. The number of hydrogen-bond acceptors (Lipinski definition) is 4. The summed E-state index contributed by atoms with van der Waals surface area (Å²) in [5, 5.41) is 3.36. The Labute approximate surface area is 219 Å². The van der Waals surface area contributed by atoms with Gasteiger partial charge in [-0.05, 0) is 87.5 Å². The number of allylic oxidation sites excluding steroid dienone is 1. The van der Waals surface area contributed by atoms with Crippen LogP contribution in [0.1, 0.15) is 55.8 Å². The number of carbonyl (C=O) groups excluding carboxylic acids is 1. The molecule has 0 spiro atoms. The van der Waals surface area contributed by atoms with Crippen LogP contribution in [0.15, 0.2) is 53.0 Å². The van der Waals surface area contributed by atoms with E-state index in [9.17, 15) is 14.0 Å². The molecule has 1 aliphatic heterocycles. The summed E-state index contributed by atoms with van der Waals surface area (Å²) < 4.78 is 30.2. The SMILES string of the molecule is CC1(NC(=O)c2cn(-c3ccc(F)cc3F)c3nc(N4CCCC4)ccc3c2=O)C=C2CC3CC(CC23)C1. The molecule has 196 valence electrons. The van der Waals surface area contributed by atoms with Gasteiger partial charge in [-0.15, -0.1) is 0 Å². The van der Waals surface area contributed by atoms with Gasteiger partial charge in [-0.1, -0.05) is 11.6 Å². The molecule has 4 aliphatic rings. The number of anilines is 1. The summed E-state index contributed by atoms with van der Waals surface area (Å²) in [5.74, 6) is 0.685. The highest BCUT2D eigenvalue weighted by Gasteiger charge is 2.49. The van der Waals surface area contributed by atoms with E-state index < -0.39 is 28.5 Å². The van der Waals surface area contributed by atoms with Gasteiger partial charge < -0.3 is 10.2 Å². The van der Waals surface area contributed by atoms with E-state index in [0.29, 0.717) is 17.7 Å². The normalized spacial score (nSPS) is 27.7. The van der Waals surface area contributed by atoms with Crippen molar-refractivity contribution in [3.05, 3.63) is 75.6 Å².